The van der Waals surface area contributed by atoms with Crippen LogP contribution in [0.25, 0.3) is 0 Å². The van der Waals surface area contributed by atoms with Gasteiger partial charge in [-0.25, -0.2) is 4.98 Å². The van der Waals surface area contributed by atoms with E-state index in [1.54, 1.807) is 11.3 Å². The first-order valence-corrected chi connectivity index (χ1v) is 5.95. The molecule has 1 aromatic heterocycles. The third-order valence-electron chi connectivity index (χ3n) is 2.26. The molecule has 0 aliphatic carbocycles. The normalized spacial score (nSPS) is 13.2. The largest absolute Gasteiger partial charge is 0.360 e. The zero-order valence-corrected chi connectivity index (χ0v) is 9.90. The van der Waals surface area contributed by atoms with Crippen molar-refractivity contribution >= 4 is 16.5 Å². The smallest absolute Gasteiger partial charge is 0.182 e. The summed E-state index contributed by atoms with van der Waals surface area (Å²) in [4.78, 5) is 4.41. The summed E-state index contributed by atoms with van der Waals surface area (Å²) in [7, 11) is 0. The Morgan fingerprint density at radius 1 is 1.57 bits per heavy atom. The molecule has 0 spiro atoms. The number of nitrogens with two attached hydrogens (primary N) is 1. The lowest BCUT2D eigenvalue weighted by Crippen LogP contribution is -2.33. The Labute approximate surface area is 89.7 Å². The molecule has 0 amide bonds. The molecule has 0 radical (unpaired) electrons. The molecule has 3 nitrogen and oxygen atoms in total. The van der Waals surface area contributed by atoms with Gasteiger partial charge in [-0.15, -0.1) is 11.3 Å². The Bertz CT molecular complexity index is 270. The number of anilines is 1. The molecule has 0 saturated heterocycles. The highest BCUT2D eigenvalue weighted by Gasteiger charge is 2.07. The van der Waals surface area contributed by atoms with Gasteiger partial charge < -0.3 is 11.1 Å². The van der Waals surface area contributed by atoms with E-state index in [2.05, 4.69) is 36.5 Å². The highest BCUT2D eigenvalue weighted by molar-refractivity contribution is 7.13. The molecule has 1 rings (SSSR count). The fourth-order valence-electron chi connectivity index (χ4n) is 0.991. The molecule has 0 saturated carbocycles. The van der Waals surface area contributed by atoms with Crippen LogP contribution in [0.3, 0.4) is 0 Å². The second-order valence-corrected chi connectivity index (χ2v) is 4.64. The second kappa shape index (κ2) is 5.32. The first kappa shape index (κ1) is 11.5. The summed E-state index contributed by atoms with van der Waals surface area (Å²) in [6.45, 7) is 7.17. The number of rotatable bonds is 5. The van der Waals surface area contributed by atoms with Crippen LogP contribution in [0.5, 0.6) is 0 Å². The number of hydrogen-bond acceptors (Lipinski definition) is 4. The third kappa shape index (κ3) is 3.27. The van der Waals surface area contributed by atoms with E-state index < -0.39 is 0 Å². The van der Waals surface area contributed by atoms with Crippen molar-refractivity contribution in [1.29, 1.82) is 0 Å². The zero-order chi connectivity index (χ0) is 10.6. The molecule has 3 N–H and O–H groups in total. The van der Waals surface area contributed by atoms with Crippen molar-refractivity contribution in [2.45, 2.75) is 33.2 Å². The van der Waals surface area contributed by atoms with Crippen LogP contribution < -0.4 is 11.1 Å². The molecule has 0 aliphatic heterocycles. The van der Waals surface area contributed by atoms with Gasteiger partial charge >= 0.3 is 0 Å². The summed E-state index contributed by atoms with van der Waals surface area (Å²) in [5.74, 6) is 0.508. The predicted octanol–water partition coefficient (Wildman–Crippen LogP) is 2.10. The average Bonchev–Trinajstić information content (AvgIpc) is 2.61. The van der Waals surface area contributed by atoms with E-state index in [-0.39, 0.29) is 6.04 Å². The Morgan fingerprint density at radius 2 is 2.29 bits per heavy atom. The topological polar surface area (TPSA) is 50.9 Å². The van der Waals surface area contributed by atoms with Crippen molar-refractivity contribution in [1.82, 2.24) is 4.98 Å². The van der Waals surface area contributed by atoms with Gasteiger partial charge in [-0.2, -0.15) is 0 Å². The molecule has 0 aliphatic rings. The van der Waals surface area contributed by atoms with Crippen molar-refractivity contribution in [3.8, 4) is 0 Å². The minimum Gasteiger partial charge on any atom is -0.360 e. The molecule has 80 valence electrons. The van der Waals surface area contributed by atoms with Gasteiger partial charge in [0.1, 0.15) is 0 Å². The molecule has 1 unspecified atom stereocenters. The lowest BCUT2D eigenvalue weighted by Gasteiger charge is -2.15. The summed E-state index contributed by atoms with van der Waals surface area (Å²) in [5.41, 5.74) is 7.07. The van der Waals surface area contributed by atoms with E-state index in [0.717, 1.165) is 23.8 Å². The highest BCUT2D eigenvalue weighted by atomic mass is 32.1. The maximum atomic E-state index is 5.92. The number of hydrogen-bond donors (Lipinski definition) is 2. The minimum atomic E-state index is 0.198. The molecule has 1 heterocycles. The van der Waals surface area contributed by atoms with Gasteiger partial charge in [-0.3, -0.25) is 0 Å². The minimum absolute atomic E-state index is 0.198. The Balaban J connectivity index is 2.37. The van der Waals surface area contributed by atoms with Gasteiger partial charge in [0, 0.05) is 18.0 Å². The van der Waals surface area contributed by atoms with Crippen molar-refractivity contribution in [3.05, 3.63) is 11.1 Å². The predicted molar refractivity (Wildman–Crippen MR) is 62.8 cm³/mol. The van der Waals surface area contributed by atoms with Gasteiger partial charge in [-0.05, 0) is 12.3 Å². The fourth-order valence-corrected chi connectivity index (χ4v) is 1.80. The molecule has 0 bridgehead atoms. The first-order chi connectivity index (χ1) is 6.63. The Morgan fingerprint density at radius 3 is 2.79 bits per heavy atom. The molecular weight excluding hydrogens is 194 g/mol. The Hall–Kier alpha value is -0.610. The van der Waals surface area contributed by atoms with Crippen LogP contribution in [0.1, 0.15) is 26.5 Å². The van der Waals surface area contributed by atoms with Crippen molar-refractivity contribution < 1.29 is 0 Å². The lowest BCUT2D eigenvalue weighted by molar-refractivity contribution is 0.511. The molecular formula is C10H19N3S. The van der Waals surface area contributed by atoms with Crippen LogP contribution >= 0.6 is 11.3 Å². The molecule has 1 atom stereocenters. The van der Waals surface area contributed by atoms with Crippen molar-refractivity contribution in [2.75, 3.05) is 11.9 Å². The molecule has 0 fully saturated rings. The van der Waals surface area contributed by atoms with Gasteiger partial charge in [0.05, 0.1) is 5.69 Å². The van der Waals surface area contributed by atoms with E-state index in [4.69, 9.17) is 5.73 Å². The zero-order valence-electron chi connectivity index (χ0n) is 9.08. The SMILES string of the molecule is CCc1csc(NCC(N)C(C)C)n1. The standard InChI is InChI=1S/C10H19N3S/c1-4-8-6-14-10(13-8)12-5-9(11)7(2)3/h6-7,9H,4-5,11H2,1-3H3,(H,12,13). The van der Waals surface area contributed by atoms with Crippen LogP contribution in [0.2, 0.25) is 0 Å². The van der Waals surface area contributed by atoms with Crippen molar-refractivity contribution in [2.24, 2.45) is 11.7 Å². The fraction of sp³-hybridized carbons (Fsp3) is 0.700. The van der Waals surface area contributed by atoms with Crippen LogP contribution in [0.4, 0.5) is 5.13 Å². The number of aromatic nitrogens is 1. The first-order valence-electron chi connectivity index (χ1n) is 5.07. The quantitative estimate of drug-likeness (QED) is 0.787. The molecule has 0 aromatic carbocycles. The van der Waals surface area contributed by atoms with Gasteiger partial charge in [0.25, 0.3) is 0 Å². The lowest BCUT2D eigenvalue weighted by atomic mass is 10.1. The number of thiazole rings is 1. The van der Waals surface area contributed by atoms with Gasteiger partial charge in [0.15, 0.2) is 5.13 Å². The van der Waals surface area contributed by atoms with Gasteiger partial charge in [0.2, 0.25) is 0 Å². The maximum Gasteiger partial charge on any atom is 0.182 e. The number of nitrogens with zero attached hydrogens (tertiary/aromatic N) is 1. The monoisotopic (exact) mass is 213 g/mol. The Kier molecular flexibility index (Phi) is 4.35. The van der Waals surface area contributed by atoms with E-state index >= 15 is 0 Å². The summed E-state index contributed by atoms with van der Waals surface area (Å²) < 4.78 is 0. The molecule has 1 aromatic rings. The van der Waals surface area contributed by atoms with E-state index in [1.807, 2.05) is 0 Å². The van der Waals surface area contributed by atoms with Crippen LogP contribution in [0.15, 0.2) is 5.38 Å². The number of nitrogens with one attached hydrogen (secondary N) is 1. The van der Waals surface area contributed by atoms with Crippen LogP contribution in [0, 0.1) is 5.92 Å². The van der Waals surface area contributed by atoms with E-state index in [0.29, 0.717) is 5.92 Å². The molecule has 14 heavy (non-hydrogen) atoms. The van der Waals surface area contributed by atoms with Gasteiger partial charge in [-0.1, -0.05) is 20.8 Å². The van der Waals surface area contributed by atoms with Crippen molar-refractivity contribution in [3.63, 3.8) is 0 Å². The maximum absolute atomic E-state index is 5.92. The summed E-state index contributed by atoms with van der Waals surface area (Å²) in [5, 5.41) is 6.33. The van der Waals surface area contributed by atoms with E-state index in [9.17, 15) is 0 Å². The summed E-state index contributed by atoms with van der Waals surface area (Å²) in [6, 6.07) is 0.198. The van der Waals surface area contributed by atoms with Crippen LogP contribution in [-0.4, -0.2) is 17.6 Å². The second-order valence-electron chi connectivity index (χ2n) is 3.79. The molecule has 4 heteroatoms. The highest BCUT2D eigenvalue weighted by Crippen LogP contribution is 2.15. The third-order valence-corrected chi connectivity index (χ3v) is 3.11. The summed E-state index contributed by atoms with van der Waals surface area (Å²) in [6.07, 6.45) is 0.994. The summed E-state index contributed by atoms with van der Waals surface area (Å²) >= 11 is 1.65. The number of aryl methyl sites for hydroxylation is 1. The van der Waals surface area contributed by atoms with Crippen LogP contribution in [-0.2, 0) is 6.42 Å². The average molecular weight is 213 g/mol. The van der Waals surface area contributed by atoms with E-state index in [1.165, 1.54) is 0 Å².